The number of allylic oxidation sites excluding steroid dienone is 2. The van der Waals surface area contributed by atoms with Gasteiger partial charge in [0.15, 0.2) is 0 Å². The molecule has 0 aromatic carbocycles. The maximum absolute atomic E-state index is 12.9. The van der Waals surface area contributed by atoms with Crippen LogP contribution in [0.1, 0.15) is 72.6 Å². The van der Waals surface area contributed by atoms with E-state index in [2.05, 4.69) is 13.0 Å². The van der Waals surface area contributed by atoms with Gasteiger partial charge in [-0.25, -0.2) is 4.79 Å². The first-order chi connectivity index (χ1) is 15.0. The molecule has 0 saturated carbocycles. The summed E-state index contributed by atoms with van der Waals surface area (Å²) >= 11 is 0. The molecular weight excluding hydrogens is 412 g/mol. The monoisotopic (exact) mass is 448 g/mol. The van der Waals surface area contributed by atoms with Crippen molar-refractivity contribution in [1.82, 2.24) is 0 Å². The van der Waals surface area contributed by atoms with Crippen LogP contribution in [0.25, 0.3) is 0 Å². The summed E-state index contributed by atoms with van der Waals surface area (Å²) in [6.45, 7) is 7.77. The van der Waals surface area contributed by atoms with Crippen molar-refractivity contribution >= 4 is 17.9 Å². The second-order valence-electron chi connectivity index (χ2n) is 10.2. The number of rotatable bonds is 7. The molecule has 0 unspecified atom stereocenters. The van der Waals surface area contributed by atoms with Gasteiger partial charge in [0.2, 0.25) is 0 Å². The molecule has 7 heteroatoms. The number of ether oxygens (including phenoxy) is 2. The summed E-state index contributed by atoms with van der Waals surface area (Å²) in [6, 6.07) is 0. The Hall–Kier alpha value is -2.15. The van der Waals surface area contributed by atoms with Crippen LogP contribution in [0.3, 0.4) is 0 Å². The van der Waals surface area contributed by atoms with E-state index < -0.39 is 23.6 Å². The zero-order chi connectivity index (χ0) is 23.6. The smallest absolute Gasteiger partial charge is 0.331 e. The number of hydrogen-bond acceptors (Lipinski definition) is 6. The summed E-state index contributed by atoms with van der Waals surface area (Å²) in [5.74, 6) is -1.29. The van der Waals surface area contributed by atoms with Gasteiger partial charge < -0.3 is 19.7 Å². The predicted octanol–water partition coefficient (Wildman–Crippen LogP) is 3.79. The van der Waals surface area contributed by atoms with E-state index in [0.717, 1.165) is 18.4 Å². The molecule has 3 rings (SSSR count). The zero-order valence-corrected chi connectivity index (χ0v) is 19.5. The van der Waals surface area contributed by atoms with Crippen LogP contribution >= 0.6 is 0 Å². The maximum atomic E-state index is 12.9. The van der Waals surface area contributed by atoms with E-state index in [1.165, 1.54) is 0 Å². The van der Waals surface area contributed by atoms with Crippen LogP contribution in [-0.2, 0) is 23.9 Å². The Labute approximate surface area is 189 Å². The van der Waals surface area contributed by atoms with Gasteiger partial charge >= 0.3 is 17.9 Å². The number of aliphatic hydroxyl groups excluding tert-OH is 1. The average molecular weight is 449 g/mol. The molecule has 0 amide bonds. The molecule has 6 atom stereocenters. The van der Waals surface area contributed by atoms with Crippen molar-refractivity contribution in [2.75, 3.05) is 0 Å². The van der Waals surface area contributed by atoms with Crippen molar-refractivity contribution in [2.45, 2.75) is 91.0 Å². The lowest BCUT2D eigenvalue weighted by Crippen LogP contribution is -2.43. The molecule has 2 N–H and O–H groups in total. The fourth-order valence-electron chi connectivity index (χ4n) is 5.07. The number of fused-ring (bicyclic) bond motifs is 1. The number of carbonyl (C=O) groups excluding carboxylic acids is 2. The van der Waals surface area contributed by atoms with E-state index in [1.54, 1.807) is 6.08 Å². The van der Waals surface area contributed by atoms with Gasteiger partial charge in [-0.1, -0.05) is 19.9 Å². The first-order valence-electron chi connectivity index (χ1n) is 11.7. The van der Waals surface area contributed by atoms with Gasteiger partial charge in [0.25, 0.3) is 0 Å². The molecule has 1 aliphatic heterocycles. The lowest BCUT2D eigenvalue weighted by molar-refractivity contribution is -0.165. The number of carbonyl (C=O) groups is 3. The van der Waals surface area contributed by atoms with Gasteiger partial charge in [0, 0.05) is 24.3 Å². The number of aliphatic hydroxyl groups is 1. The van der Waals surface area contributed by atoms with Gasteiger partial charge in [0.05, 0.1) is 17.9 Å². The van der Waals surface area contributed by atoms with Crippen molar-refractivity contribution in [2.24, 2.45) is 23.2 Å². The summed E-state index contributed by atoms with van der Waals surface area (Å²) in [6.07, 6.45) is 5.76. The van der Waals surface area contributed by atoms with Crippen LogP contribution in [0, 0.1) is 23.2 Å². The lowest BCUT2D eigenvalue weighted by atomic mass is 9.65. The third kappa shape index (κ3) is 5.42. The minimum Gasteiger partial charge on any atom is -0.478 e. The molecule has 2 aliphatic carbocycles. The lowest BCUT2D eigenvalue weighted by Gasteiger charge is -2.43. The van der Waals surface area contributed by atoms with Crippen LogP contribution in [0.5, 0.6) is 0 Å². The Balaban J connectivity index is 1.83. The summed E-state index contributed by atoms with van der Waals surface area (Å²) < 4.78 is 11.4. The topological polar surface area (TPSA) is 110 Å². The first kappa shape index (κ1) is 24.5. The summed E-state index contributed by atoms with van der Waals surface area (Å²) in [5.41, 5.74) is 0.540. The van der Waals surface area contributed by atoms with Crippen LogP contribution in [0.15, 0.2) is 23.3 Å². The van der Waals surface area contributed by atoms with Gasteiger partial charge in [-0.15, -0.1) is 0 Å². The highest BCUT2D eigenvalue weighted by molar-refractivity contribution is 5.88. The largest absolute Gasteiger partial charge is 0.478 e. The second kappa shape index (κ2) is 9.77. The Morgan fingerprint density at radius 1 is 1.25 bits per heavy atom. The number of aliphatic carboxylic acids is 1. The fourth-order valence-corrected chi connectivity index (χ4v) is 5.07. The normalized spacial score (nSPS) is 32.8. The Bertz CT molecular complexity index is 809. The number of cyclic esters (lactones) is 1. The average Bonchev–Trinajstić information content (AvgIpc) is 2.72. The Kier molecular flexibility index (Phi) is 7.48. The van der Waals surface area contributed by atoms with Crippen LogP contribution in [0.4, 0.5) is 0 Å². The van der Waals surface area contributed by atoms with Crippen molar-refractivity contribution in [3.05, 3.63) is 23.3 Å². The highest BCUT2D eigenvalue weighted by Gasteiger charge is 2.44. The molecule has 0 aromatic heterocycles. The van der Waals surface area contributed by atoms with Crippen LogP contribution < -0.4 is 0 Å². The van der Waals surface area contributed by atoms with Crippen molar-refractivity contribution in [3.63, 3.8) is 0 Å². The van der Waals surface area contributed by atoms with Gasteiger partial charge in [-0.3, -0.25) is 9.59 Å². The van der Waals surface area contributed by atoms with E-state index in [9.17, 15) is 24.6 Å². The van der Waals surface area contributed by atoms with E-state index in [4.69, 9.17) is 9.47 Å². The minimum atomic E-state index is -0.988. The van der Waals surface area contributed by atoms with E-state index >= 15 is 0 Å². The van der Waals surface area contributed by atoms with E-state index in [0.29, 0.717) is 25.2 Å². The minimum absolute atomic E-state index is 0.0415. The molecule has 1 saturated heterocycles. The Morgan fingerprint density at radius 2 is 1.97 bits per heavy atom. The summed E-state index contributed by atoms with van der Waals surface area (Å²) in [4.78, 5) is 36.3. The van der Waals surface area contributed by atoms with Crippen LogP contribution in [0.2, 0.25) is 0 Å². The van der Waals surface area contributed by atoms with E-state index in [1.807, 2.05) is 20.8 Å². The molecule has 3 aliphatic rings. The molecule has 0 bridgehead atoms. The molecule has 1 heterocycles. The molecule has 0 aromatic rings. The van der Waals surface area contributed by atoms with Crippen LogP contribution in [-0.4, -0.2) is 46.4 Å². The summed E-state index contributed by atoms with van der Waals surface area (Å²) in [5, 5.41) is 19.5. The third-order valence-corrected chi connectivity index (χ3v) is 7.49. The highest BCUT2D eigenvalue weighted by atomic mass is 16.6. The standard InChI is InChI=1S/C25H36O7/c1-5-25(3,4)24(30)32-20-11-16(23(28)29)10-15-7-6-14(2)19(22(15)20)9-8-18-12-17(26)13-21(27)31-18/h7,10,14,17-20,22,26H,5-6,8-9,11-13H2,1-4H3,(H,28,29)/t14-,17+,18+,19-,20-,22-/m0/s1. The number of esters is 2. The first-order valence-corrected chi connectivity index (χ1v) is 11.7. The molecule has 0 spiro atoms. The number of carboxylic acids is 1. The van der Waals surface area contributed by atoms with E-state index in [-0.39, 0.29) is 48.3 Å². The maximum Gasteiger partial charge on any atom is 0.331 e. The SMILES string of the molecule is CCC(C)(C)C(=O)O[C@H]1CC(C(=O)O)=CC2=CC[C@H](C)[C@H](CC[C@@H]3C[C@@H](O)CC(=O)O3)[C@H]21. The second-order valence-corrected chi connectivity index (χ2v) is 10.2. The van der Waals surface area contributed by atoms with Gasteiger partial charge in [-0.2, -0.15) is 0 Å². The van der Waals surface area contributed by atoms with Gasteiger partial charge in [-0.05, 0) is 63.0 Å². The fraction of sp³-hybridized carbons (Fsp3) is 0.720. The molecular formula is C25H36O7. The van der Waals surface area contributed by atoms with Gasteiger partial charge in [0.1, 0.15) is 12.2 Å². The predicted molar refractivity (Wildman–Crippen MR) is 117 cm³/mol. The molecule has 32 heavy (non-hydrogen) atoms. The summed E-state index contributed by atoms with van der Waals surface area (Å²) in [7, 11) is 0. The number of carboxylic acid groups (broad SMARTS) is 1. The molecule has 7 nitrogen and oxygen atoms in total. The zero-order valence-electron chi connectivity index (χ0n) is 19.5. The van der Waals surface area contributed by atoms with Crippen molar-refractivity contribution in [3.8, 4) is 0 Å². The highest BCUT2D eigenvalue weighted by Crippen LogP contribution is 2.46. The van der Waals surface area contributed by atoms with Crippen molar-refractivity contribution < 1.29 is 34.1 Å². The third-order valence-electron chi connectivity index (χ3n) is 7.49. The molecule has 178 valence electrons. The molecule has 0 radical (unpaired) electrons. The number of hydrogen-bond donors (Lipinski definition) is 2. The van der Waals surface area contributed by atoms with Crippen molar-refractivity contribution in [1.29, 1.82) is 0 Å². The molecule has 1 fully saturated rings. The Morgan fingerprint density at radius 3 is 2.59 bits per heavy atom. The quantitative estimate of drug-likeness (QED) is 0.570.